The average molecular weight is 177 g/mol. The summed E-state index contributed by atoms with van der Waals surface area (Å²) in [6.07, 6.45) is 1.90. The number of benzene rings is 1. The van der Waals surface area contributed by atoms with Crippen molar-refractivity contribution in [3.05, 3.63) is 23.8 Å². The van der Waals surface area contributed by atoms with Crippen molar-refractivity contribution in [3.8, 4) is 5.75 Å². The highest BCUT2D eigenvalue weighted by Crippen LogP contribution is 2.22. The molecule has 0 radical (unpaired) electrons. The van der Waals surface area contributed by atoms with E-state index in [0.717, 1.165) is 11.3 Å². The maximum atomic E-state index is 9.16. The van der Waals surface area contributed by atoms with Gasteiger partial charge in [0.1, 0.15) is 5.75 Å². The standard InChI is InChI=1S/C11H15NO/c1-8(2)7-12-11-5-4-10(13)6-9(11)3/h4-8,13H,1-3H3. The Bertz CT molecular complexity index is 316. The Kier molecular flexibility index (Phi) is 3.07. The molecule has 1 aromatic carbocycles. The van der Waals surface area contributed by atoms with E-state index in [4.69, 9.17) is 5.11 Å². The largest absolute Gasteiger partial charge is 0.508 e. The highest BCUT2D eigenvalue weighted by Gasteiger charge is 1.96. The van der Waals surface area contributed by atoms with Gasteiger partial charge < -0.3 is 5.11 Å². The Morgan fingerprint density at radius 3 is 2.62 bits per heavy atom. The number of aliphatic imine (C=N–C) groups is 1. The quantitative estimate of drug-likeness (QED) is 0.692. The molecule has 1 aromatic rings. The predicted octanol–water partition coefficient (Wildman–Crippen LogP) is 3.06. The zero-order chi connectivity index (χ0) is 9.84. The number of rotatable bonds is 2. The normalized spacial score (nSPS) is 11.4. The SMILES string of the molecule is Cc1cc(O)ccc1N=CC(C)C. The van der Waals surface area contributed by atoms with Gasteiger partial charge in [-0.1, -0.05) is 13.8 Å². The first kappa shape index (κ1) is 9.78. The van der Waals surface area contributed by atoms with Gasteiger partial charge in [-0.25, -0.2) is 0 Å². The second-order valence-electron chi connectivity index (χ2n) is 3.49. The summed E-state index contributed by atoms with van der Waals surface area (Å²) in [5.74, 6) is 0.745. The molecule has 0 spiro atoms. The topological polar surface area (TPSA) is 32.6 Å². The average Bonchev–Trinajstić information content (AvgIpc) is 2.02. The first-order valence-electron chi connectivity index (χ1n) is 4.43. The van der Waals surface area contributed by atoms with Crippen molar-refractivity contribution in [3.63, 3.8) is 0 Å². The second kappa shape index (κ2) is 4.08. The molecule has 0 fully saturated rings. The van der Waals surface area contributed by atoms with Crippen LogP contribution >= 0.6 is 0 Å². The van der Waals surface area contributed by atoms with E-state index in [1.165, 1.54) is 0 Å². The van der Waals surface area contributed by atoms with Crippen molar-refractivity contribution in [2.75, 3.05) is 0 Å². The minimum absolute atomic E-state index is 0.293. The van der Waals surface area contributed by atoms with Gasteiger partial charge in [-0.2, -0.15) is 0 Å². The number of hydrogen-bond acceptors (Lipinski definition) is 2. The summed E-state index contributed by atoms with van der Waals surface area (Å²) in [5.41, 5.74) is 1.92. The van der Waals surface area contributed by atoms with Crippen molar-refractivity contribution in [1.82, 2.24) is 0 Å². The van der Waals surface area contributed by atoms with Gasteiger partial charge in [0, 0.05) is 6.21 Å². The molecule has 1 rings (SSSR count). The molecular weight excluding hydrogens is 162 g/mol. The molecule has 0 atom stereocenters. The molecule has 0 aliphatic heterocycles. The van der Waals surface area contributed by atoms with Crippen molar-refractivity contribution in [1.29, 1.82) is 0 Å². The Hall–Kier alpha value is -1.31. The summed E-state index contributed by atoms with van der Waals surface area (Å²) in [6, 6.07) is 5.19. The molecule has 13 heavy (non-hydrogen) atoms. The van der Waals surface area contributed by atoms with Crippen LogP contribution in [-0.2, 0) is 0 Å². The van der Waals surface area contributed by atoms with E-state index < -0.39 is 0 Å². The number of phenolic OH excluding ortho intramolecular Hbond substituents is 1. The summed E-state index contributed by atoms with van der Waals surface area (Å²) in [5, 5.41) is 9.16. The third-order valence-corrected chi connectivity index (χ3v) is 1.69. The van der Waals surface area contributed by atoms with E-state index in [1.807, 2.05) is 19.2 Å². The molecule has 0 aliphatic carbocycles. The molecule has 0 heterocycles. The van der Waals surface area contributed by atoms with Crippen LogP contribution in [0.2, 0.25) is 0 Å². The third kappa shape index (κ3) is 2.90. The zero-order valence-corrected chi connectivity index (χ0v) is 8.28. The molecule has 1 N–H and O–H groups in total. The number of aryl methyl sites for hydroxylation is 1. The summed E-state index contributed by atoms with van der Waals surface area (Å²) in [7, 11) is 0. The monoisotopic (exact) mass is 177 g/mol. The van der Waals surface area contributed by atoms with Gasteiger partial charge in [0.25, 0.3) is 0 Å². The first-order valence-corrected chi connectivity index (χ1v) is 4.43. The molecule has 0 aliphatic rings. The van der Waals surface area contributed by atoms with Crippen molar-refractivity contribution < 1.29 is 5.11 Å². The van der Waals surface area contributed by atoms with Crippen LogP contribution in [0.15, 0.2) is 23.2 Å². The van der Waals surface area contributed by atoms with E-state index >= 15 is 0 Å². The molecular formula is C11H15NO. The van der Waals surface area contributed by atoms with Gasteiger partial charge in [-0.15, -0.1) is 0 Å². The van der Waals surface area contributed by atoms with Gasteiger partial charge in [-0.3, -0.25) is 4.99 Å². The Labute approximate surface area is 78.9 Å². The van der Waals surface area contributed by atoms with Crippen LogP contribution in [0.5, 0.6) is 5.75 Å². The Morgan fingerprint density at radius 2 is 2.08 bits per heavy atom. The summed E-state index contributed by atoms with van der Waals surface area (Å²) in [6.45, 7) is 6.10. The first-order chi connectivity index (χ1) is 6.09. The molecule has 0 bridgehead atoms. The van der Waals surface area contributed by atoms with Gasteiger partial charge in [-0.05, 0) is 36.6 Å². The molecule has 2 heteroatoms. The smallest absolute Gasteiger partial charge is 0.115 e. The lowest BCUT2D eigenvalue weighted by Gasteiger charge is -2.00. The van der Waals surface area contributed by atoms with E-state index in [-0.39, 0.29) is 0 Å². The zero-order valence-electron chi connectivity index (χ0n) is 8.28. The minimum Gasteiger partial charge on any atom is -0.508 e. The maximum absolute atomic E-state index is 9.16. The van der Waals surface area contributed by atoms with Crippen LogP contribution < -0.4 is 0 Å². The second-order valence-corrected chi connectivity index (χ2v) is 3.49. The molecule has 2 nitrogen and oxygen atoms in total. The van der Waals surface area contributed by atoms with Crippen molar-refractivity contribution in [2.24, 2.45) is 10.9 Å². The van der Waals surface area contributed by atoms with Gasteiger partial charge in [0.05, 0.1) is 5.69 Å². The molecule has 0 unspecified atom stereocenters. The van der Waals surface area contributed by atoms with E-state index in [9.17, 15) is 0 Å². The van der Waals surface area contributed by atoms with Crippen molar-refractivity contribution in [2.45, 2.75) is 20.8 Å². The summed E-state index contributed by atoms with van der Waals surface area (Å²) in [4.78, 5) is 4.31. The number of hydrogen-bond donors (Lipinski definition) is 1. The molecule has 70 valence electrons. The number of phenols is 1. The third-order valence-electron chi connectivity index (χ3n) is 1.69. The maximum Gasteiger partial charge on any atom is 0.115 e. The fourth-order valence-corrected chi connectivity index (χ4v) is 1.01. The van der Waals surface area contributed by atoms with Crippen LogP contribution in [0.4, 0.5) is 5.69 Å². The van der Waals surface area contributed by atoms with Crippen molar-refractivity contribution >= 4 is 11.9 Å². The van der Waals surface area contributed by atoms with E-state index in [1.54, 1.807) is 12.1 Å². The van der Waals surface area contributed by atoms with E-state index in [0.29, 0.717) is 11.7 Å². The predicted molar refractivity (Wildman–Crippen MR) is 55.8 cm³/mol. The lowest BCUT2D eigenvalue weighted by atomic mass is 10.2. The summed E-state index contributed by atoms with van der Waals surface area (Å²) >= 11 is 0. The molecule has 0 saturated heterocycles. The highest BCUT2D eigenvalue weighted by molar-refractivity contribution is 5.66. The lowest BCUT2D eigenvalue weighted by molar-refractivity contribution is 0.475. The van der Waals surface area contributed by atoms with Gasteiger partial charge in [0.2, 0.25) is 0 Å². The van der Waals surface area contributed by atoms with Crippen LogP contribution in [0.3, 0.4) is 0 Å². The minimum atomic E-state index is 0.293. The number of aromatic hydroxyl groups is 1. The lowest BCUT2D eigenvalue weighted by Crippen LogP contribution is -1.86. The van der Waals surface area contributed by atoms with Crippen LogP contribution in [0, 0.1) is 12.8 Å². The Balaban J connectivity index is 2.90. The summed E-state index contributed by atoms with van der Waals surface area (Å²) < 4.78 is 0. The Morgan fingerprint density at radius 1 is 1.38 bits per heavy atom. The van der Waals surface area contributed by atoms with E-state index in [2.05, 4.69) is 18.8 Å². The highest BCUT2D eigenvalue weighted by atomic mass is 16.3. The molecule has 0 saturated carbocycles. The fourth-order valence-electron chi connectivity index (χ4n) is 1.01. The van der Waals surface area contributed by atoms with Crippen LogP contribution in [-0.4, -0.2) is 11.3 Å². The molecule has 0 amide bonds. The number of nitrogens with zero attached hydrogens (tertiary/aromatic N) is 1. The fraction of sp³-hybridized carbons (Fsp3) is 0.364. The van der Waals surface area contributed by atoms with Gasteiger partial charge >= 0.3 is 0 Å². The van der Waals surface area contributed by atoms with Gasteiger partial charge in [0.15, 0.2) is 0 Å². The van der Waals surface area contributed by atoms with Crippen LogP contribution in [0.1, 0.15) is 19.4 Å². The molecule has 0 aromatic heterocycles. The van der Waals surface area contributed by atoms with Crippen LogP contribution in [0.25, 0.3) is 0 Å².